The zero-order valence-corrected chi connectivity index (χ0v) is 12.8. The summed E-state index contributed by atoms with van der Waals surface area (Å²) in [4.78, 5) is 12.2. The number of allylic oxidation sites excluding steroid dienone is 1. The molecule has 4 saturated carbocycles. The van der Waals surface area contributed by atoms with E-state index in [0.29, 0.717) is 11.8 Å². The summed E-state index contributed by atoms with van der Waals surface area (Å²) in [5.41, 5.74) is 1.34. The minimum absolute atomic E-state index is 0.152. The molecule has 4 bridgehead atoms. The van der Waals surface area contributed by atoms with Gasteiger partial charge >= 0.3 is 0 Å². The largest absolute Gasteiger partial charge is 0.295 e. The fourth-order valence-electron chi connectivity index (χ4n) is 5.68. The lowest BCUT2D eigenvalue weighted by Crippen LogP contribution is -2.53. The van der Waals surface area contributed by atoms with Gasteiger partial charge in [-0.2, -0.15) is 0 Å². The molecule has 0 aromatic carbocycles. The molecule has 4 fully saturated rings. The zero-order valence-electron chi connectivity index (χ0n) is 12.8. The fraction of sp³-hybridized carbons (Fsp3) is 0.833. The Labute approximate surface area is 117 Å². The highest BCUT2D eigenvalue weighted by atomic mass is 16.1. The van der Waals surface area contributed by atoms with E-state index in [1.165, 1.54) is 38.5 Å². The van der Waals surface area contributed by atoms with Crippen molar-refractivity contribution >= 4 is 5.78 Å². The maximum Gasteiger partial charge on any atom is 0.158 e. The monoisotopic (exact) mass is 260 g/mol. The molecule has 106 valence electrons. The van der Waals surface area contributed by atoms with E-state index in [4.69, 9.17) is 0 Å². The maximum atomic E-state index is 12.2. The van der Waals surface area contributed by atoms with Crippen LogP contribution in [0.25, 0.3) is 0 Å². The third kappa shape index (κ3) is 2.10. The summed E-state index contributed by atoms with van der Waals surface area (Å²) in [5.74, 6) is 3.17. The molecule has 4 aliphatic carbocycles. The second-order valence-electron chi connectivity index (χ2n) is 8.46. The van der Waals surface area contributed by atoms with Gasteiger partial charge in [0.25, 0.3) is 0 Å². The number of hydrogen-bond donors (Lipinski definition) is 0. The van der Waals surface area contributed by atoms with Crippen LogP contribution in [0.1, 0.15) is 65.7 Å². The Morgan fingerprint density at radius 3 is 1.89 bits per heavy atom. The van der Waals surface area contributed by atoms with Gasteiger partial charge < -0.3 is 0 Å². The van der Waals surface area contributed by atoms with Crippen LogP contribution < -0.4 is 0 Å². The van der Waals surface area contributed by atoms with Crippen LogP contribution in [0, 0.1) is 28.6 Å². The molecule has 0 radical (unpaired) electrons. The molecule has 0 heterocycles. The lowest BCUT2D eigenvalue weighted by Gasteiger charge is -2.62. The van der Waals surface area contributed by atoms with Gasteiger partial charge in [0.1, 0.15) is 0 Å². The molecule has 0 amide bonds. The Morgan fingerprint density at radius 2 is 1.53 bits per heavy atom. The Kier molecular flexibility index (Phi) is 2.96. The minimum atomic E-state index is 0.152. The van der Waals surface area contributed by atoms with E-state index < -0.39 is 0 Å². The van der Waals surface area contributed by atoms with Crippen molar-refractivity contribution in [2.45, 2.75) is 65.7 Å². The number of carbonyl (C=O) groups excluding carboxylic acids is 1. The SMILES string of the molecule is C=C(C)C(=O)CC(C)(C)C12CC3CC(CC(C3)C1)C2. The molecule has 4 aliphatic rings. The van der Waals surface area contributed by atoms with Crippen LogP contribution in [0.3, 0.4) is 0 Å². The van der Waals surface area contributed by atoms with Crippen LogP contribution >= 0.6 is 0 Å². The van der Waals surface area contributed by atoms with Crippen molar-refractivity contribution in [2.24, 2.45) is 28.6 Å². The second-order valence-corrected chi connectivity index (χ2v) is 8.46. The van der Waals surface area contributed by atoms with Gasteiger partial charge in [-0.3, -0.25) is 4.79 Å². The Morgan fingerprint density at radius 1 is 1.11 bits per heavy atom. The van der Waals surface area contributed by atoms with Crippen molar-refractivity contribution in [1.29, 1.82) is 0 Å². The molecule has 1 nitrogen and oxygen atoms in total. The third-order valence-electron chi connectivity index (χ3n) is 6.55. The van der Waals surface area contributed by atoms with E-state index in [2.05, 4.69) is 20.4 Å². The van der Waals surface area contributed by atoms with Crippen LogP contribution in [0.15, 0.2) is 12.2 Å². The number of rotatable bonds is 4. The molecule has 0 unspecified atom stereocenters. The predicted octanol–water partition coefficient (Wildman–Crippen LogP) is 4.76. The molecule has 0 saturated heterocycles. The topological polar surface area (TPSA) is 17.1 Å². The summed E-state index contributed by atoms with van der Waals surface area (Å²) in [7, 11) is 0. The summed E-state index contributed by atoms with van der Waals surface area (Å²) in [5, 5.41) is 0. The van der Waals surface area contributed by atoms with E-state index in [0.717, 1.165) is 23.3 Å². The highest BCUT2D eigenvalue weighted by Crippen LogP contribution is 2.66. The van der Waals surface area contributed by atoms with Crippen LogP contribution in [-0.2, 0) is 4.79 Å². The van der Waals surface area contributed by atoms with Crippen molar-refractivity contribution < 1.29 is 4.79 Å². The van der Waals surface area contributed by atoms with Crippen molar-refractivity contribution in [2.75, 3.05) is 0 Å². The Hall–Kier alpha value is -0.590. The molecule has 0 atom stereocenters. The van der Waals surface area contributed by atoms with Crippen LogP contribution in [0.4, 0.5) is 0 Å². The van der Waals surface area contributed by atoms with Gasteiger partial charge in [-0.1, -0.05) is 20.4 Å². The summed E-state index contributed by atoms with van der Waals surface area (Å²) in [6, 6.07) is 0. The van der Waals surface area contributed by atoms with Crippen LogP contribution in [0.5, 0.6) is 0 Å². The Bertz CT molecular complexity index is 380. The van der Waals surface area contributed by atoms with E-state index in [9.17, 15) is 4.79 Å². The number of Topliss-reactive ketones (excluding diaryl/α,β-unsaturated/α-hetero) is 1. The van der Waals surface area contributed by atoms with Gasteiger partial charge in [0.2, 0.25) is 0 Å². The lowest BCUT2D eigenvalue weighted by molar-refractivity contribution is -0.136. The van der Waals surface area contributed by atoms with Gasteiger partial charge in [0.15, 0.2) is 5.78 Å². The quantitative estimate of drug-likeness (QED) is 0.666. The lowest BCUT2D eigenvalue weighted by atomic mass is 9.42. The second kappa shape index (κ2) is 4.20. The molecule has 0 aliphatic heterocycles. The first-order chi connectivity index (χ1) is 8.81. The van der Waals surface area contributed by atoms with Gasteiger partial charge in [-0.25, -0.2) is 0 Å². The van der Waals surface area contributed by atoms with E-state index in [1.54, 1.807) is 0 Å². The van der Waals surface area contributed by atoms with E-state index in [1.807, 2.05) is 6.92 Å². The molecule has 0 spiro atoms. The van der Waals surface area contributed by atoms with Crippen molar-refractivity contribution in [3.05, 3.63) is 12.2 Å². The van der Waals surface area contributed by atoms with Crippen LogP contribution in [-0.4, -0.2) is 5.78 Å². The highest BCUT2D eigenvalue weighted by Gasteiger charge is 2.57. The molecular weight excluding hydrogens is 232 g/mol. The average molecular weight is 260 g/mol. The zero-order chi connectivity index (χ0) is 13.8. The number of ketones is 1. The molecule has 0 aromatic rings. The van der Waals surface area contributed by atoms with Crippen molar-refractivity contribution in [3.8, 4) is 0 Å². The smallest absolute Gasteiger partial charge is 0.158 e. The van der Waals surface area contributed by atoms with E-state index in [-0.39, 0.29) is 11.2 Å². The first kappa shape index (κ1) is 13.4. The fourth-order valence-corrected chi connectivity index (χ4v) is 5.68. The minimum Gasteiger partial charge on any atom is -0.295 e. The van der Waals surface area contributed by atoms with Crippen LogP contribution in [0.2, 0.25) is 0 Å². The third-order valence-corrected chi connectivity index (χ3v) is 6.55. The van der Waals surface area contributed by atoms with Gasteiger partial charge in [-0.15, -0.1) is 0 Å². The van der Waals surface area contributed by atoms with Crippen molar-refractivity contribution in [1.82, 2.24) is 0 Å². The molecule has 4 rings (SSSR count). The summed E-state index contributed by atoms with van der Waals surface area (Å²) in [6.45, 7) is 10.4. The van der Waals surface area contributed by atoms with Gasteiger partial charge in [0, 0.05) is 6.42 Å². The number of carbonyl (C=O) groups is 1. The highest BCUT2D eigenvalue weighted by molar-refractivity contribution is 5.94. The average Bonchev–Trinajstić information content (AvgIpc) is 2.25. The first-order valence-corrected chi connectivity index (χ1v) is 8.00. The van der Waals surface area contributed by atoms with Gasteiger partial charge in [-0.05, 0) is 79.6 Å². The van der Waals surface area contributed by atoms with E-state index >= 15 is 0 Å². The summed E-state index contributed by atoms with van der Waals surface area (Å²) >= 11 is 0. The first-order valence-electron chi connectivity index (χ1n) is 8.00. The summed E-state index contributed by atoms with van der Waals surface area (Å²) in [6.07, 6.45) is 9.28. The molecule has 19 heavy (non-hydrogen) atoms. The number of hydrogen-bond acceptors (Lipinski definition) is 1. The standard InChI is InChI=1S/C18H28O/c1-12(2)16(19)11-17(3,4)18-8-13-5-14(9-18)7-15(6-13)10-18/h13-15H,1,5-11H2,2-4H3. The summed E-state index contributed by atoms with van der Waals surface area (Å²) < 4.78 is 0. The predicted molar refractivity (Wildman–Crippen MR) is 78.8 cm³/mol. The van der Waals surface area contributed by atoms with Gasteiger partial charge in [0.05, 0.1) is 0 Å². The Balaban J connectivity index is 1.83. The molecule has 1 heteroatoms. The maximum absolute atomic E-state index is 12.2. The molecule has 0 aromatic heterocycles. The van der Waals surface area contributed by atoms with Crippen molar-refractivity contribution in [3.63, 3.8) is 0 Å². The normalized spacial score (nSPS) is 40.5. The molecular formula is C18H28O. The molecule has 0 N–H and O–H groups in total.